The van der Waals surface area contributed by atoms with Crippen LogP contribution in [0.1, 0.15) is 25.3 Å². The van der Waals surface area contributed by atoms with Gasteiger partial charge in [-0.05, 0) is 49.7 Å². The fourth-order valence-corrected chi connectivity index (χ4v) is 5.20. The minimum Gasteiger partial charge on any atom is -0.419 e. The van der Waals surface area contributed by atoms with E-state index in [4.69, 9.17) is 16.0 Å². The van der Waals surface area contributed by atoms with Crippen LogP contribution in [0.15, 0.2) is 62.9 Å². The maximum atomic E-state index is 13.5. The Morgan fingerprint density at radius 3 is 2.27 bits per heavy atom. The molecule has 0 bridgehead atoms. The number of aryl methyl sites for hydroxylation is 1. The van der Waals surface area contributed by atoms with Gasteiger partial charge in [0.1, 0.15) is 0 Å². The number of halogens is 1. The van der Waals surface area contributed by atoms with E-state index in [1.165, 1.54) is 0 Å². The third-order valence-corrected chi connectivity index (χ3v) is 7.56. The molecule has 1 amide bonds. The maximum absolute atomic E-state index is 13.5. The van der Waals surface area contributed by atoms with E-state index >= 15 is 0 Å². The second-order valence-electron chi connectivity index (χ2n) is 8.07. The molecule has 1 fully saturated rings. The summed E-state index contributed by atoms with van der Waals surface area (Å²) in [6.45, 7) is 5.79. The Morgan fingerprint density at radius 2 is 1.67 bits per heavy atom. The van der Waals surface area contributed by atoms with Crippen LogP contribution in [0.3, 0.4) is 0 Å². The highest BCUT2D eigenvalue weighted by Gasteiger charge is 2.33. The summed E-state index contributed by atoms with van der Waals surface area (Å²) in [6, 6.07) is 13.5. The van der Waals surface area contributed by atoms with Gasteiger partial charge in [-0.25, -0.2) is 8.42 Å². The zero-order chi connectivity index (χ0) is 23.6. The van der Waals surface area contributed by atoms with Crippen LogP contribution in [0, 0.1) is 6.92 Å². The zero-order valence-corrected chi connectivity index (χ0v) is 20.2. The van der Waals surface area contributed by atoms with Gasteiger partial charge in [-0.1, -0.05) is 36.2 Å². The number of nitrogens with zero attached hydrogens (tertiary/aromatic N) is 3. The van der Waals surface area contributed by atoms with E-state index in [0.717, 1.165) is 12.0 Å². The highest BCUT2D eigenvalue weighted by Crippen LogP contribution is 2.35. The van der Waals surface area contributed by atoms with E-state index < -0.39 is 9.84 Å². The number of anilines is 1. The van der Waals surface area contributed by atoms with Crippen molar-refractivity contribution in [3.05, 3.63) is 59.1 Å². The van der Waals surface area contributed by atoms with Gasteiger partial charge in [0.05, 0.1) is 4.90 Å². The number of hydrogen-bond donors (Lipinski definition) is 0. The molecule has 3 aromatic rings. The quantitative estimate of drug-likeness (QED) is 0.506. The van der Waals surface area contributed by atoms with Gasteiger partial charge in [0.15, 0.2) is 0 Å². The van der Waals surface area contributed by atoms with Gasteiger partial charge in [0, 0.05) is 43.2 Å². The molecular formula is C24H26ClN3O4S. The van der Waals surface area contributed by atoms with Crippen molar-refractivity contribution in [2.75, 3.05) is 31.1 Å². The van der Waals surface area contributed by atoms with Crippen LogP contribution < -0.4 is 4.90 Å². The van der Waals surface area contributed by atoms with E-state index in [2.05, 4.69) is 4.98 Å². The summed E-state index contributed by atoms with van der Waals surface area (Å²) in [5.41, 5.74) is 1.59. The molecule has 0 unspecified atom stereocenters. The molecule has 0 saturated carbocycles. The van der Waals surface area contributed by atoms with Crippen LogP contribution in [0.4, 0.5) is 5.88 Å². The topological polar surface area (TPSA) is 83.7 Å². The molecule has 0 N–H and O–H groups in total. The number of aromatic nitrogens is 1. The largest absolute Gasteiger partial charge is 0.419 e. The van der Waals surface area contributed by atoms with Crippen molar-refractivity contribution in [2.24, 2.45) is 0 Å². The van der Waals surface area contributed by atoms with Crippen LogP contribution in [0.2, 0.25) is 5.02 Å². The monoisotopic (exact) mass is 487 g/mol. The number of piperazine rings is 1. The molecule has 1 aliphatic heterocycles. The standard InChI is InChI=1S/C24H26ClN3O4S/c1-3-4-21(29)27-13-15-28(16-14-27)24-23(33(30,31)20-11-5-17(2)6-12-20)26-22(32-24)18-7-9-19(25)10-8-18/h5-12H,3-4,13-16H2,1-2H3. The van der Waals surface area contributed by atoms with Crippen LogP contribution in [-0.2, 0) is 14.6 Å². The summed E-state index contributed by atoms with van der Waals surface area (Å²) in [7, 11) is -3.92. The number of rotatable bonds is 6. The third kappa shape index (κ3) is 4.91. The molecule has 2 aromatic carbocycles. The fraction of sp³-hybridized carbons (Fsp3) is 0.333. The predicted molar refractivity (Wildman–Crippen MR) is 127 cm³/mol. The first-order valence-corrected chi connectivity index (χ1v) is 12.8. The van der Waals surface area contributed by atoms with Crippen molar-refractivity contribution in [3.63, 3.8) is 0 Å². The van der Waals surface area contributed by atoms with Gasteiger partial charge in [-0.3, -0.25) is 4.79 Å². The van der Waals surface area contributed by atoms with Crippen LogP contribution in [-0.4, -0.2) is 50.4 Å². The van der Waals surface area contributed by atoms with E-state index in [9.17, 15) is 13.2 Å². The molecule has 33 heavy (non-hydrogen) atoms. The highest BCUT2D eigenvalue weighted by molar-refractivity contribution is 7.91. The lowest BCUT2D eigenvalue weighted by molar-refractivity contribution is -0.131. The van der Waals surface area contributed by atoms with Crippen molar-refractivity contribution in [3.8, 4) is 11.5 Å². The number of oxazole rings is 1. The van der Waals surface area contributed by atoms with Gasteiger partial charge in [0.25, 0.3) is 0 Å². The van der Waals surface area contributed by atoms with Crippen molar-refractivity contribution < 1.29 is 17.6 Å². The fourth-order valence-electron chi connectivity index (χ4n) is 3.75. The Bertz CT molecular complexity index is 1230. The Hall–Kier alpha value is -2.84. The summed E-state index contributed by atoms with van der Waals surface area (Å²) in [4.78, 5) is 20.5. The Morgan fingerprint density at radius 1 is 1.03 bits per heavy atom. The molecule has 0 aliphatic carbocycles. The first-order valence-electron chi connectivity index (χ1n) is 10.9. The van der Waals surface area contributed by atoms with E-state index in [-0.39, 0.29) is 27.6 Å². The second-order valence-corrected chi connectivity index (χ2v) is 10.4. The summed E-state index contributed by atoms with van der Waals surface area (Å²) >= 11 is 6.00. The van der Waals surface area contributed by atoms with Crippen molar-refractivity contribution in [2.45, 2.75) is 36.6 Å². The van der Waals surface area contributed by atoms with E-state index in [1.54, 1.807) is 48.5 Å². The molecule has 0 atom stereocenters. The average molecular weight is 488 g/mol. The first kappa shape index (κ1) is 23.3. The SMILES string of the molecule is CCCC(=O)N1CCN(c2oc(-c3ccc(Cl)cc3)nc2S(=O)(=O)c2ccc(C)cc2)CC1. The van der Waals surface area contributed by atoms with Gasteiger partial charge in [0.2, 0.25) is 32.5 Å². The van der Waals surface area contributed by atoms with Crippen molar-refractivity contribution >= 4 is 33.2 Å². The van der Waals surface area contributed by atoms with E-state index in [1.807, 2.05) is 23.6 Å². The van der Waals surface area contributed by atoms with Crippen LogP contribution >= 0.6 is 11.6 Å². The highest BCUT2D eigenvalue weighted by atomic mass is 35.5. The minimum atomic E-state index is -3.92. The molecule has 0 radical (unpaired) electrons. The maximum Gasteiger partial charge on any atom is 0.236 e. The number of sulfone groups is 1. The molecule has 7 nitrogen and oxygen atoms in total. The Balaban J connectivity index is 1.72. The molecule has 2 heterocycles. The second kappa shape index (κ2) is 9.57. The Labute approximate surface area is 198 Å². The summed E-state index contributed by atoms with van der Waals surface area (Å²) in [5, 5.41) is 0.440. The number of carbonyl (C=O) groups is 1. The minimum absolute atomic E-state index is 0.115. The van der Waals surface area contributed by atoms with Crippen LogP contribution in [0.5, 0.6) is 0 Å². The molecule has 1 saturated heterocycles. The Kier molecular flexibility index (Phi) is 6.76. The molecule has 0 spiro atoms. The smallest absolute Gasteiger partial charge is 0.236 e. The molecule has 1 aromatic heterocycles. The van der Waals surface area contributed by atoms with Gasteiger partial charge >= 0.3 is 0 Å². The molecule has 9 heteroatoms. The number of carbonyl (C=O) groups excluding carboxylic acids is 1. The van der Waals surface area contributed by atoms with Crippen LogP contribution in [0.25, 0.3) is 11.5 Å². The lowest BCUT2D eigenvalue weighted by Gasteiger charge is -2.34. The first-order chi connectivity index (χ1) is 15.8. The zero-order valence-electron chi connectivity index (χ0n) is 18.6. The lowest BCUT2D eigenvalue weighted by atomic mass is 10.2. The number of hydrogen-bond acceptors (Lipinski definition) is 6. The number of amides is 1. The predicted octanol–water partition coefficient (Wildman–Crippen LogP) is 4.58. The molecule has 174 valence electrons. The molecule has 1 aliphatic rings. The third-order valence-electron chi connectivity index (χ3n) is 5.64. The summed E-state index contributed by atoms with van der Waals surface area (Å²) in [6.07, 6.45) is 1.31. The van der Waals surface area contributed by atoms with Crippen molar-refractivity contribution in [1.82, 2.24) is 9.88 Å². The molecule has 4 rings (SSSR count). The lowest BCUT2D eigenvalue weighted by Crippen LogP contribution is -2.48. The van der Waals surface area contributed by atoms with Gasteiger partial charge in [-0.2, -0.15) is 4.98 Å². The number of benzene rings is 2. The summed E-state index contributed by atoms with van der Waals surface area (Å²) < 4.78 is 33.1. The van der Waals surface area contributed by atoms with E-state index in [0.29, 0.717) is 43.2 Å². The molecular weight excluding hydrogens is 462 g/mol. The van der Waals surface area contributed by atoms with Crippen molar-refractivity contribution in [1.29, 1.82) is 0 Å². The summed E-state index contributed by atoms with van der Waals surface area (Å²) in [5.74, 6) is 0.518. The normalized spacial score (nSPS) is 14.5. The van der Waals surface area contributed by atoms with Gasteiger partial charge in [-0.15, -0.1) is 0 Å². The average Bonchev–Trinajstić information content (AvgIpc) is 3.26. The van der Waals surface area contributed by atoms with Gasteiger partial charge < -0.3 is 14.2 Å².